The Labute approximate surface area is 269 Å². The highest BCUT2D eigenvalue weighted by Crippen LogP contribution is 2.27. The van der Waals surface area contributed by atoms with E-state index in [9.17, 15) is 24.3 Å². The van der Waals surface area contributed by atoms with E-state index in [0.717, 1.165) is 51.0 Å². The van der Waals surface area contributed by atoms with E-state index >= 15 is 0 Å². The van der Waals surface area contributed by atoms with Gasteiger partial charge in [-0.05, 0) is 86.8 Å². The number of nitrogens with one attached hydrogen (secondary N) is 2. The van der Waals surface area contributed by atoms with Gasteiger partial charge in [-0.2, -0.15) is 0 Å². The third kappa shape index (κ3) is 9.38. The number of carboxylic acids is 1. The molecule has 1 aliphatic rings. The standard InChI is InChI=1S/C35H42N4O7/c1-24-12-15-30(31(21-24)46-20-8-4-5-11-32(40)39-18-16-38(2)17-19-39)37-33(41)25-13-14-27(26(22-25)23-45-3)34(42)36-29-10-7-6-9-28(29)35(43)44/h6-7,9-10,12-15,21-22H,4-5,8,11,16-20,23H2,1-3H3,(H,36,42)(H,37,41)(H,43,44). The topological polar surface area (TPSA) is 138 Å². The van der Waals surface area contributed by atoms with E-state index < -0.39 is 17.8 Å². The van der Waals surface area contributed by atoms with Gasteiger partial charge in [0.1, 0.15) is 5.75 Å². The van der Waals surface area contributed by atoms with Crippen LogP contribution < -0.4 is 15.4 Å². The summed E-state index contributed by atoms with van der Waals surface area (Å²) in [6.07, 6.45) is 2.97. The molecule has 11 nitrogen and oxygen atoms in total. The molecule has 0 unspecified atom stereocenters. The fraction of sp³-hybridized carbons (Fsp3) is 0.371. The number of carbonyl (C=O) groups is 4. The van der Waals surface area contributed by atoms with Gasteiger partial charge in [0.05, 0.1) is 30.2 Å². The van der Waals surface area contributed by atoms with Gasteiger partial charge in [0.15, 0.2) is 0 Å². The van der Waals surface area contributed by atoms with Crippen molar-refractivity contribution in [1.82, 2.24) is 9.80 Å². The molecule has 0 atom stereocenters. The summed E-state index contributed by atoms with van der Waals surface area (Å²) in [7, 11) is 3.55. The van der Waals surface area contributed by atoms with Crippen LogP contribution in [0.3, 0.4) is 0 Å². The molecule has 46 heavy (non-hydrogen) atoms. The number of likely N-dealkylation sites (N-methyl/N-ethyl adjacent to an activating group) is 1. The summed E-state index contributed by atoms with van der Waals surface area (Å²) in [5.41, 5.74) is 2.65. The Morgan fingerprint density at radius 3 is 2.30 bits per heavy atom. The molecule has 1 fully saturated rings. The minimum atomic E-state index is -1.16. The van der Waals surface area contributed by atoms with Crippen molar-refractivity contribution >= 4 is 35.1 Å². The first-order valence-electron chi connectivity index (χ1n) is 15.4. The zero-order chi connectivity index (χ0) is 33.1. The smallest absolute Gasteiger partial charge is 0.337 e. The molecule has 1 aliphatic heterocycles. The maximum absolute atomic E-state index is 13.3. The largest absolute Gasteiger partial charge is 0.491 e. The van der Waals surface area contributed by atoms with E-state index in [0.29, 0.717) is 35.6 Å². The Morgan fingerprint density at radius 2 is 1.57 bits per heavy atom. The fourth-order valence-electron chi connectivity index (χ4n) is 5.20. The lowest BCUT2D eigenvalue weighted by molar-refractivity contribution is -0.132. The number of amides is 3. The maximum atomic E-state index is 13.3. The summed E-state index contributed by atoms with van der Waals surface area (Å²) < 4.78 is 11.3. The molecule has 3 aromatic carbocycles. The minimum Gasteiger partial charge on any atom is -0.491 e. The SMILES string of the molecule is COCc1cc(C(=O)Nc2ccc(C)cc2OCCCCCC(=O)N2CCN(C)CC2)ccc1C(=O)Nc1ccccc1C(=O)O. The van der Waals surface area contributed by atoms with Crippen LogP contribution in [0.15, 0.2) is 60.7 Å². The predicted molar refractivity (Wildman–Crippen MR) is 176 cm³/mol. The van der Waals surface area contributed by atoms with Crippen LogP contribution in [-0.4, -0.2) is 85.5 Å². The fourth-order valence-corrected chi connectivity index (χ4v) is 5.20. The first-order chi connectivity index (χ1) is 22.2. The lowest BCUT2D eigenvalue weighted by atomic mass is 10.0. The molecule has 0 saturated carbocycles. The number of nitrogens with zero attached hydrogens (tertiary/aromatic N) is 2. The third-order valence-corrected chi connectivity index (χ3v) is 7.85. The number of aromatic carboxylic acids is 1. The molecular weight excluding hydrogens is 588 g/mol. The molecule has 3 amide bonds. The van der Waals surface area contributed by atoms with Crippen LogP contribution in [0.2, 0.25) is 0 Å². The van der Waals surface area contributed by atoms with Gasteiger partial charge in [-0.1, -0.05) is 18.2 Å². The number of hydrogen-bond acceptors (Lipinski definition) is 7. The summed E-state index contributed by atoms with van der Waals surface area (Å²) >= 11 is 0. The molecule has 0 radical (unpaired) electrons. The highest BCUT2D eigenvalue weighted by Gasteiger charge is 2.20. The Morgan fingerprint density at radius 1 is 0.826 bits per heavy atom. The highest BCUT2D eigenvalue weighted by atomic mass is 16.5. The van der Waals surface area contributed by atoms with E-state index in [2.05, 4.69) is 22.6 Å². The monoisotopic (exact) mass is 630 g/mol. The van der Waals surface area contributed by atoms with Crippen molar-refractivity contribution in [3.8, 4) is 5.75 Å². The van der Waals surface area contributed by atoms with Gasteiger partial charge in [-0.3, -0.25) is 14.4 Å². The number of rotatable bonds is 14. The molecule has 244 valence electrons. The van der Waals surface area contributed by atoms with Crippen molar-refractivity contribution < 1.29 is 33.8 Å². The van der Waals surface area contributed by atoms with Crippen molar-refractivity contribution in [2.45, 2.75) is 39.2 Å². The summed E-state index contributed by atoms with van der Waals surface area (Å²) in [6.45, 7) is 5.85. The molecule has 1 saturated heterocycles. The average molecular weight is 631 g/mol. The number of carbonyl (C=O) groups excluding carboxylic acids is 3. The first kappa shape index (κ1) is 34.1. The Bertz CT molecular complexity index is 1550. The van der Waals surface area contributed by atoms with Crippen LogP contribution >= 0.6 is 0 Å². The van der Waals surface area contributed by atoms with Crippen molar-refractivity contribution in [1.29, 1.82) is 0 Å². The van der Waals surface area contributed by atoms with E-state index in [4.69, 9.17) is 9.47 Å². The molecule has 0 bridgehead atoms. The second-order valence-electron chi connectivity index (χ2n) is 11.4. The van der Waals surface area contributed by atoms with Gasteiger partial charge in [0, 0.05) is 50.8 Å². The zero-order valence-corrected chi connectivity index (χ0v) is 26.6. The third-order valence-electron chi connectivity index (χ3n) is 7.85. The first-order valence-corrected chi connectivity index (χ1v) is 15.4. The van der Waals surface area contributed by atoms with E-state index in [-0.39, 0.29) is 29.3 Å². The van der Waals surface area contributed by atoms with Crippen LogP contribution in [0.25, 0.3) is 0 Å². The number of piperazine rings is 1. The highest BCUT2D eigenvalue weighted by molar-refractivity contribution is 6.10. The minimum absolute atomic E-state index is 0.0347. The number of unbranched alkanes of at least 4 members (excludes halogenated alkanes) is 2. The van der Waals surface area contributed by atoms with Crippen LogP contribution in [0, 0.1) is 6.92 Å². The van der Waals surface area contributed by atoms with E-state index in [1.165, 1.54) is 31.4 Å². The number of benzene rings is 3. The zero-order valence-electron chi connectivity index (χ0n) is 26.6. The molecule has 0 aromatic heterocycles. The number of carboxylic acid groups (broad SMARTS) is 1. The van der Waals surface area contributed by atoms with Gasteiger partial charge < -0.3 is 35.0 Å². The normalized spacial score (nSPS) is 13.2. The number of methoxy groups -OCH3 is 1. The molecule has 4 rings (SSSR count). The summed E-state index contributed by atoms with van der Waals surface area (Å²) in [4.78, 5) is 54.6. The molecule has 1 heterocycles. The van der Waals surface area contributed by atoms with Crippen LogP contribution in [0.1, 0.15) is 67.9 Å². The Balaban J connectivity index is 1.35. The molecule has 11 heteroatoms. The Hall–Kier alpha value is -4.74. The van der Waals surface area contributed by atoms with Gasteiger partial charge in [-0.25, -0.2) is 4.79 Å². The van der Waals surface area contributed by atoms with Crippen molar-refractivity contribution in [2.75, 3.05) is 57.6 Å². The van der Waals surface area contributed by atoms with Gasteiger partial charge in [0.2, 0.25) is 5.91 Å². The molecular formula is C35H42N4O7. The quantitative estimate of drug-likeness (QED) is 0.210. The second-order valence-corrected chi connectivity index (χ2v) is 11.4. The van der Waals surface area contributed by atoms with E-state index in [1.54, 1.807) is 24.3 Å². The summed E-state index contributed by atoms with van der Waals surface area (Å²) in [5, 5.41) is 15.0. The molecule has 0 spiro atoms. The van der Waals surface area contributed by atoms with Crippen molar-refractivity contribution in [3.63, 3.8) is 0 Å². The number of anilines is 2. The van der Waals surface area contributed by atoms with Crippen LogP contribution in [0.5, 0.6) is 5.75 Å². The summed E-state index contributed by atoms with van der Waals surface area (Å²) in [6, 6.07) is 16.3. The average Bonchev–Trinajstić information content (AvgIpc) is 3.04. The molecule has 0 aliphatic carbocycles. The predicted octanol–water partition coefficient (Wildman–Crippen LogP) is 5.06. The number of aryl methyl sites for hydroxylation is 1. The van der Waals surface area contributed by atoms with E-state index in [1.807, 2.05) is 24.0 Å². The molecule has 3 N–H and O–H groups in total. The van der Waals surface area contributed by atoms with Gasteiger partial charge in [0.25, 0.3) is 11.8 Å². The van der Waals surface area contributed by atoms with Gasteiger partial charge >= 0.3 is 5.97 Å². The van der Waals surface area contributed by atoms with Crippen molar-refractivity contribution in [3.05, 3.63) is 88.5 Å². The Kier molecular flexibility index (Phi) is 12.3. The lowest BCUT2D eigenvalue weighted by Crippen LogP contribution is -2.47. The number of para-hydroxylation sites is 1. The van der Waals surface area contributed by atoms with Gasteiger partial charge in [-0.15, -0.1) is 0 Å². The maximum Gasteiger partial charge on any atom is 0.337 e. The summed E-state index contributed by atoms with van der Waals surface area (Å²) in [5.74, 6) is -1.31. The van der Waals surface area contributed by atoms with Crippen LogP contribution in [-0.2, 0) is 16.1 Å². The second kappa shape index (κ2) is 16.5. The number of ether oxygens (including phenoxy) is 2. The molecule has 3 aromatic rings. The number of hydrogen-bond donors (Lipinski definition) is 3. The lowest BCUT2D eigenvalue weighted by Gasteiger charge is -2.32. The van der Waals surface area contributed by atoms with Crippen LogP contribution in [0.4, 0.5) is 11.4 Å². The van der Waals surface area contributed by atoms with Crippen molar-refractivity contribution in [2.24, 2.45) is 0 Å².